The van der Waals surface area contributed by atoms with Gasteiger partial charge in [0.25, 0.3) is 0 Å². The van der Waals surface area contributed by atoms with Crippen LogP contribution in [0.5, 0.6) is 0 Å². The van der Waals surface area contributed by atoms with Crippen LogP contribution in [0.25, 0.3) is 0 Å². The lowest BCUT2D eigenvalue weighted by molar-refractivity contribution is 0.246. The van der Waals surface area contributed by atoms with Crippen molar-refractivity contribution in [3.05, 3.63) is 40.8 Å². The van der Waals surface area contributed by atoms with Crippen molar-refractivity contribution in [2.45, 2.75) is 37.3 Å². The van der Waals surface area contributed by atoms with Crippen LogP contribution in [0.1, 0.15) is 18.9 Å². The van der Waals surface area contributed by atoms with E-state index in [0.717, 1.165) is 12.3 Å². The molecule has 0 unspecified atom stereocenters. The maximum absolute atomic E-state index is 5.75. The molecule has 17 heavy (non-hydrogen) atoms. The molecule has 0 radical (unpaired) electrons. The van der Waals surface area contributed by atoms with Crippen molar-refractivity contribution in [1.29, 1.82) is 0 Å². The number of rotatable bonds is 2. The molecule has 1 heterocycles. The summed E-state index contributed by atoms with van der Waals surface area (Å²) in [7, 11) is 0. The van der Waals surface area contributed by atoms with Crippen LogP contribution < -0.4 is 0 Å². The first kappa shape index (κ1) is 10.9. The Morgan fingerprint density at radius 3 is 2.76 bits per heavy atom. The van der Waals surface area contributed by atoms with Gasteiger partial charge < -0.3 is 4.74 Å². The highest BCUT2D eigenvalue weighted by atomic mass is 32.2. The predicted octanol–water partition coefficient (Wildman–Crippen LogP) is 3.56. The quantitative estimate of drug-likeness (QED) is 0.794. The van der Waals surface area contributed by atoms with Gasteiger partial charge in [-0.3, -0.25) is 0 Å². The highest BCUT2D eigenvalue weighted by Crippen LogP contribution is 2.39. The molecule has 1 aliphatic heterocycles. The summed E-state index contributed by atoms with van der Waals surface area (Å²) in [5.74, 6) is 0.829. The van der Waals surface area contributed by atoms with Gasteiger partial charge in [0.1, 0.15) is 0 Å². The van der Waals surface area contributed by atoms with E-state index in [-0.39, 0.29) is 6.10 Å². The van der Waals surface area contributed by atoms with Crippen molar-refractivity contribution in [3.8, 4) is 0 Å². The molecule has 0 spiro atoms. The van der Waals surface area contributed by atoms with Crippen molar-refractivity contribution < 1.29 is 4.74 Å². The van der Waals surface area contributed by atoms with Gasteiger partial charge >= 0.3 is 0 Å². The third kappa shape index (κ3) is 2.12. The Bertz CT molecular complexity index is 489. The van der Waals surface area contributed by atoms with Crippen LogP contribution in [0.4, 0.5) is 0 Å². The molecule has 3 heteroatoms. The number of hydrogen-bond donors (Lipinski definition) is 0. The molecule has 0 bridgehead atoms. The highest BCUT2D eigenvalue weighted by molar-refractivity contribution is 8.03. The zero-order valence-corrected chi connectivity index (χ0v) is 10.8. The van der Waals surface area contributed by atoms with E-state index in [1.54, 1.807) is 11.8 Å². The van der Waals surface area contributed by atoms with Gasteiger partial charge in [0.15, 0.2) is 12.0 Å². The van der Waals surface area contributed by atoms with Gasteiger partial charge in [-0.2, -0.15) is 0 Å². The normalized spacial score (nSPS) is 26.2. The largest absolute Gasteiger partial charge is 0.470 e. The SMILES string of the molecule is CC1=N[C@H]2CC=C(Sc3ccc(C)cc3)[C@H]2O1. The van der Waals surface area contributed by atoms with Gasteiger partial charge in [-0.25, -0.2) is 4.99 Å². The van der Waals surface area contributed by atoms with Crippen LogP contribution in [0.15, 0.2) is 45.1 Å². The van der Waals surface area contributed by atoms with E-state index in [9.17, 15) is 0 Å². The van der Waals surface area contributed by atoms with Crippen LogP contribution in [0, 0.1) is 6.92 Å². The monoisotopic (exact) mass is 245 g/mol. The Labute approximate surface area is 106 Å². The van der Waals surface area contributed by atoms with Crippen molar-refractivity contribution in [2.75, 3.05) is 0 Å². The number of ether oxygens (including phenoxy) is 1. The van der Waals surface area contributed by atoms with Crippen molar-refractivity contribution in [1.82, 2.24) is 0 Å². The summed E-state index contributed by atoms with van der Waals surface area (Å²) in [6, 6.07) is 8.94. The molecular weight excluding hydrogens is 230 g/mol. The number of hydrogen-bond acceptors (Lipinski definition) is 3. The van der Waals surface area contributed by atoms with Crippen molar-refractivity contribution in [3.63, 3.8) is 0 Å². The Hall–Kier alpha value is -1.22. The number of benzene rings is 1. The Kier molecular flexibility index (Phi) is 2.71. The fourth-order valence-electron chi connectivity index (χ4n) is 2.21. The summed E-state index contributed by atoms with van der Waals surface area (Å²) in [5, 5.41) is 0. The number of thioether (sulfide) groups is 1. The lowest BCUT2D eigenvalue weighted by atomic mass is 10.2. The molecule has 0 aromatic heterocycles. The molecule has 1 aliphatic carbocycles. The minimum atomic E-state index is 0.168. The minimum Gasteiger partial charge on any atom is -0.470 e. The molecule has 3 rings (SSSR count). The third-order valence-electron chi connectivity index (χ3n) is 3.09. The molecule has 0 saturated carbocycles. The van der Waals surface area contributed by atoms with Gasteiger partial charge in [0, 0.05) is 16.7 Å². The van der Waals surface area contributed by atoms with Gasteiger partial charge in [-0.05, 0) is 25.5 Å². The van der Waals surface area contributed by atoms with Crippen molar-refractivity contribution in [2.24, 2.45) is 4.99 Å². The molecule has 1 aromatic carbocycles. The third-order valence-corrected chi connectivity index (χ3v) is 4.23. The molecule has 0 N–H and O–H groups in total. The topological polar surface area (TPSA) is 21.6 Å². The highest BCUT2D eigenvalue weighted by Gasteiger charge is 2.36. The summed E-state index contributed by atoms with van der Waals surface area (Å²) in [6.45, 7) is 4.04. The number of nitrogens with zero attached hydrogens (tertiary/aromatic N) is 1. The average Bonchev–Trinajstić information content (AvgIpc) is 2.83. The Balaban J connectivity index is 1.73. The Morgan fingerprint density at radius 1 is 1.24 bits per heavy atom. The fourth-order valence-corrected chi connectivity index (χ4v) is 3.26. The number of aliphatic imine (C=N–C) groups is 1. The molecule has 2 atom stereocenters. The zero-order chi connectivity index (χ0) is 11.8. The van der Waals surface area contributed by atoms with Crippen LogP contribution in [-0.4, -0.2) is 18.0 Å². The van der Waals surface area contributed by atoms with E-state index in [0.29, 0.717) is 6.04 Å². The van der Waals surface area contributed by atoms with E-state index in [4.69, 9.17) is 4.74 Å². The van der Waals surface area contributed by atoms with Gasteiger partial charge in [0.2, 0.25) is 0 Å². The number of fused-ring (bicyclic) bond motifs is 1. The molecule has 0 saturated heterocycles. The zero-order valence-electron chi connectivity index (χ0n) is 10.0. The second kappa shape index (κ2) is 4.22. The summed E-state index contributed by atoms with van der Waals surface area (Å²) < 4.78 is 5.75. The van der Waals surface area contributed by atoms with Gasteiger partial charge in [-0.15, -0.1) is 0 Å². The summed E-state index contributed by atoms with van der Waals surface area (Å²) >= 11 is 1.80. The van der Waals surface area contributed by atoms with Crippen molar-refractivity contribution >= 4 is 17.7 Å². The first-order valence-electron chi connectivity index (χ1n) is 5.88. The van der Waals surface area contributed by atoms with E-state index in [2.05, 4.69) is 42.3 Å². The minimum absolute atomic E-state index is 0.168. The Morgan fingerprint density at radius 2 is 2.00 bits per heavy atom. The van der Waals surface area contributed by atoms with Crippen LogP contribution in [0.3, 0.4) is 0 Å². The second-order valence-electron chi connectivity index (χ2n) is 4.51. The smallest absolute Gasteiger partial charge is 0.181 e. The molecule has 88 valence electrons. The molecule has 0 amide bonds. The van der Waals surface area contributed by atoms with E-state index >= 15 is 0 Å². The lowest BCUT2D eigenvalue weighted by Gasteiger charge is -2.13. The lowest BCUT2D eigenvalue weighted by Crippen LogP contribution is -2.17. The van der Waals surface area contributed by atoms with Gasteiger partial charge in [0.05, 0.1) is 6.04 Å². The van der Waals surface area contributed by atoms with Crippen LogP contribution in [0.2, 0.25) is 0 Å². The number of aryl methyl sites for hydroxylation is 1. The molecule has 2 aliphatic rings. The second-order valence-corrected chi connectivity index (χ2v) is 5.66. The predicted molar refractivity (Wildman–Crippen MR) is 71.5 cm³/mol. The maximum Gasteiger partial charge on any atom is 0.181 e. The van der Waals surface area contributed by atoms with Gasteiger partial charge in [-0.1, -0.05) is 35.5 Å². The van der Waals surface area contributed by atoms with E-state index < -0.39 is 0 Å². The molecule has 2 nitrogen and oxygen atoms in total. The average molecular weight is 245 g/mol. The first-order valence-corrected chi connectivity index (χ1v) is 6.69. The van der Waals surface area contributed by atoms with Crippen LogP contribution >= 0.6 is 11.8 Å². The van der Waals surface area contributed by atoms with E-state index in [1.807, 2.05) is 6.92 Å². The van der Waals surface area contributed by atoms with Crippen LogP contribution in [-0.2, 0) is 4.74 Å². The molecule has 1 aromatic rings. The molecular formula is C14H15NOS. The molecule has 0 fully saturated rings. The summed E-state index contributed by atoms with van der Waals surface area (Å²) in [6.07, 6.45) is 3.44. The maximum atomic E-state index is 5.75. The summed E-state index contributed by atoms with van der Waals surface area (Å²) in [4.78, 5) is 7.06. The fraction of sp³-hybridized carbons (Fsp3) is 0.357. The van der Waals surface area contributed by atoms with E-state index in [1.165, 1.54) is 15.4 Å². The first-order chi connectivity index (χ1) is 8.22. The summed E-state index contributed by atoms with van der Waals surface area (Å²) in [5.41, 5.74) is 1.30. The standard InChI is InChI=1S/C14H15NOS/c1-9-3-5-11(6-4-9)17-13-8-7-12-14(13)16-10(2)15-12/h3-6,8,12,14H,7H2,1-2H3/t12-,14-/m0/s1.